The molecule has 190 valence electrons. The number of fused-ring (bicyclic) bond motifs is 1. The molecule has 0 aromatic heterocycles. The summed E-state index contributed by atoms with van der Waals surface area (Å²) in [5.41, 5.74) is 3.81. The van der Waals surface area contributed by atoms with E-state index in [0.717, 1.165) is 16.7 Å². The highest BCUT2D eigenvalue weighted by molar-refractivity contribution is 6.31. The van der Waals surface area contributed by atoms with E-state index in [1.807, 2.05) is 76.2 Å². The molecule has 1 aliphatic rings. The van der Waals surface area contributed by atoms with Crippen LogP contribution in [0.25, 0.3) is 5.57 Å². The molecular weight excluding hydrogens is 486 g/mol. The number of benzene rings is 3. The van der Waals surface area contributed by atoms with Crippen molar-refractivity contribution in [1.29, 1.82) is 0 Å². The molecule has 0 unspecified atom stereocenters. The Kier molecular flexibility index (Phi) is 7.50. The van der Waals surface area contributed by atoms with Gasteiger partial charge in [0.1, 0.15) is 6.04 Å². The summed E-state index contributed by atoms with van der Waals surface area (Å²) < 4.78 is 0. The number of anilines is 2. The lowest BCUT2D eigenvalue weighted by Crippen LogP contribution is -2.50. The molecule has 0 saturated carbocycles. The number of carbonyl (C=O) groups is 3. The first-order chi connectivity index (χ1) is 17.5. The van der Waals surface area contributed by atoms with Crippen LogP contribution in [-0.4, -0.2) is 30.3 Å². The fourth-order valence-corrected chi connectivity index (χ4v) is 4.29. The van der Waals surface area contributed by atoms with Gasteiger partial charge in [-0.15, -0.1) is 0 Å². The number of nitrogens with one attached hydrogen (secondary N) is 2. The third-order valence-electron chi connectivity index (χ3n) is 6.19. The highest BCUT2D eigenvalue weighted by Crippen LogP contribution is 2.37. The quantitative estimate of drug-likeness (QED) is 0.422. The van der Waals surface area contributed by atoms with E-state index in [4.69, 9.17) is 11.6 Å². The van der Waals surface area contributed by atoms with Crippen LogP contribution in [-0.2, 0) is 9.59 Å². The van der Waals surface area contributed by atoms with E-state index in [1.165, 1.54) is 4.90 Å². The standard InChI is InChI=1S/C30H30ClN3O3/c1-19-9-8-12-22(15-19)32-29(37)33-25-17-23(20-10-6-5-7-11-20)24-16-21(31)13-14-26(24)34(28(25)36)18-27(35)30(2,3)4/h5-17,25H,18H2,1-4H3,(H2,32,33,37)/t25-/m1/s1. The average Bonchev–Trinajstić information content (AvgIpc) is 2.94. The number of Topliss-reactive ketones (excluding diaryl/α,β-unsaturated/α-hetero) is 1. The molecule has 0 fully saturated rings. The summed E-state index contributed by atoms with van der Waals surface area (Å²) in [4.78, 5) is 41.5. The SMILES string of the molecule is Cc1cccc(NC(=O)N[C@@H]2C=C(c3ccccc3)c3cc(Cl)ccc3N(CC(=O)C(C)(C)C)C2=O)c1. The number of halogens is 1. The maximum absolute atomic E-state index is 13.9. The summed E-state index contributed by atoms with van der Waals surface area (Å²) in [5, 5.41) is 6.10. The average molecular weight is 516 g/mol. The molecule has 0 aliphatic carbocycles. The van der Waals surface area contributed by atoms with Crippen molar-refractivity contribution in [3.63, 3.8) is 0 Å². The Morgan fingerprint density at radius 3 is 2.38 bits per heavy atom. The first-order valence-electron chi connectivity index (χ1n) is 12.1. The van der Waals surface area contributed by atoms with Crippen LogP contribution >= 0.6 is 11.6 Å². The van der Waals surface area contributed by atoms with Crippen LogP contribution in [0.3, 0.4) is 0 Å². The number of amides is 3. The fourth-order valence-electron chi connectivity index (χ4n) is 4.12. The van der Waals surface area contributed by atoms with Crippen LogP contribution < -0.4 is 15.5 Å². The highest BCUT2D eigenvalue weighted by Gasteiger charge is 2.35. The number of hydrogen-bond acceptors (Lipinski definition) is 3. The molecule has 3 aromatic carbocycles. The molecule has 3 amide bonds. The van der Waals surface area contributed by atoms with Crippen LogP contribution in [0.5, 0.6) is 0 Å². The van der Waals surface area contributed by atoms with E-state index >= 15 is 0 Å². The van der Waals surface area contributed by atoms with Crippen molar-refractivity contribution in [3.8, 4) is 0 Å². The molecule has 1 aliphatic heterocycles. The normalized spacial score (nSPS) is 15.4. The Bertz CT molecular complexity index is 1380. The molecule has 7 heteroatoms. The Labute approximate surface area is 222 Å². The molecule has 0 spiro atoms. The molecular formula is C30H30ClN3O3. The van der Waals surface area contributed by atoms with Gasteiger partial charge in [0.2, 0.25) is 0 Å². The van der Waals surface area contributed by atoms with Crippen LogP contribution in [0, 0.1) is 12.3 Å². The van der Waals surface area contributed by atoms with Crippen molar-refractivity contribution in [3.05, 3.63) is 101 Å². The molecule has 0 radical (unpaired) electrons. The van der Waals surface area contributed by atoms with Gasteiger partial charge in [-0.3, -0.25) is 9.59 Å². The van der Waals surface area contributed by atoms with E-state index in [2.05, 4.69) is 10.6 Å². The van der Waals surface area contributed by atoms with E-state index in [9.17, 15) is 14.4 Å². The van der Waals surface area contributed by atoms with E-state index in [1.54, 1.807) is 30.3 Å². The van der Waals surface area contributed by atoms with Crippen LogP contribution in [0.1, 0.15) is 37.5 Å². The Balaban J connectivity index is 1.79. The van der Waals surface area contributed by atoms with Gasteiger partial charge in [0.15, 0.2) is 5.78 Å². The van der Waals surface area contributed by atoms with Crippen molar-refractivity contribution < 1.29 is 14.4 Å². The zero-order valence-electron chi connectivity index (χ0n) is 21.3. The van der Waals surface area contributed by atoms with Gasteiger partial charge in [-0.2, -0.15) is 0 Å². The molecule has 3 aromatic rings. The lowest BCUT2D eigenvalue weighted by atomic mass is 9.90. The summed E-state index contributed by atoms with van der Waals surface area (Å²) in [6.45, 7) is 7.25. The van der Waals surface area contributed by atoms with Gasteiger partial charge in [0.05, 0.1) is 12.2 Å². The van der Waals surface area contributed by atoms with E-state index < -0.39 is 23.4 Å². The van der Waals surface area contributed by atoms with Gasteiger partial charge in [0.25, 0.3) is 5.91 Å². The summed E-state index contributed by atoms with van der Waals surface area (Å²) in [6, 6.07) is 20.6. The van der Waals surface area contributed by atoms with Crippen LogP contribution in [0.4, 0.5) is 16.2 Å². The molecule has 0 bridgehead atoms. The zero-order valence-corrected chi connectivity index (χ0v) is 22.1. The maximum atomic E-state index is 13.9. The number of hydrogen-bond donors (Lipinski definition) is 2. The summed E-state index contributed by atoms with van der Waals surface area (Å²) >= 11 is 6.39. The highest BCUT2D eigenvalue weighted by atomic mass is 35.5. The number of nitrogens with zero attached hydrogens (tertiary/aromatic N) is 1. The van der Waals surface area contributed by atoms with Crippen LogP contribution in [0.15, 0.2) is 78.9 Å². The zero-order chi connectivity index (χ0) is 26.7. The van der Waals surface area contributed by atoms with Gasteiger partial charge in [0, 0.05) is 21.7 Å². The van der Waals surface area contributed by atoms with Gasteiger partial charge in [-0.1, -0.05) is 74.8 Å². The van der Waals surface area contributed by atoms with Crippen molar-refractivity contribution in [1.82, 2.24) is 5.32 Å². The second-order valence-electron chi connectivity index (χ2n) is 10.2. The Morgan fingerprint density at radius 2 is 1.70 bits per heavy atom. The lowest BCUT2D eigenvalue weighted by Gasteiger charge is -2.28. The van der Waals surface area contributed by atoms with Crippen molar-refractivity contribution >= 4 is 46.3 Å². The molecule has 4 rings (SSSR count). The van der Waals surface area contributed by atoms with Crippen molar-refractivity contribution in [2.75, 3.05) is 16.8 Å². The first-order valence-corrected chi connectivity index (χ1v) is 12.5. The number of ketones is 1. The van der Waals surface area contributed by atoms with Gasteiger partial charge >= 0.3 is 6.03 Å². The van der Waals surface area contributed by atoms with Crippen LogP contribution in [0.2, 0.25) is 5.02 Å². The number of aryl methyl sites for hydroxylation is 1. The van der Waals surface area contributed by atoms with Gasteiger partial charge in [-0.25, -0.2) is 4.79 Å². The molecule has 1 heterocycles. The molecule has 6 nitrogen and oxygen atoms in total. The summed E-state index contributed by atoms with van der Waals surface area (Å²) in [7, 11) is 0. The largest absolute Gasteiger partial charge is 0.323 e. The predicted molar refractivity (Wildman–Crippen MR) is 149 cm³/mol. The third-order valence-corrected chi connectivity index (χ3v) is 6.43. The van der Waals surface area contributed by atoms with E-state index in [0.29, 0.717) is 22.0 Å². The minimum absolute atomic E-state index is 0.104. The molecule has 1 atom stereocenters. The van der Waals surface area contributed by atoms with Gasteiger partial charge in [-0.05, 0) is 60.0 Å². The maximum Gasteiger partial charge on any atom is 0.320 e. The summed E-state index contributed by atoms with van der Waals surface area (Å²) in [6.07, 6.45) is 1.73. The van der Waals surface area contributed by atoms with Gasteiger partial charge < -0.3 is 15.5 Å². The topological polar surface area (TPSA) is 78.5 Å². The second-order valence-corrected chi connectivity index (χ2v) is 10.6. The first kappa shape index (κ1) is 26.2. The lowest BCUT2D eigenvalue weighted by molar-refractivity contribution is -0.127. The number of rotatable bonds is 5. The molecule has 37 heavy (non-hydrogen) atoms. The Morgan fingerprint density at radius 1 is 0.973 bits per heavy atom. The van der Waals surface area contributed by atoms with E-state index in [-0.39, 0.29) is 12.3 Å². The monoisotopic (exact) mass is 515 g/mol. The summed E-state index contributed by atoms with van der Waals surface area (Å²) in [5.74, 6) is -0.514. The fraction of sp³-hybridized carbons (Fsp3) is 0.233. The predicted octanol–water partition coefficient (Wildman–Crippen LogP) is 6.23. The number of urea groups is 1. The molecule has 2 N–H and O–H groups in total. The minimum atomic E-state index is -1.03. The van der Waals surface area contributed by atoms with Crippen molar-refractivity contribution in [2.24, 2.45) is 5.41 Å². The molecule has 0 saturated heterocycles. The number of carbonyl (C=O) groups excluding carboxylic acids is 3. The van der Waals surface area contributed by atoms with Crippen molar-refractivity contribution in [2.45, 2.75) is 33.7 Å². The second kappa shape index (κ2) is 10.6. The minimum Gasteiger partial charge on any atom is -0.323 e. The third kappa shape index (κ3) is 6.09. The Hall–Kier alpha value is -3.90. The smallest absolute Gasteiger partial charge is 0.320 e.